The highest BCUT2D eigenvalue weighted by molar-refractivity contribution is 6.54. The monoisotopic (exact) mass is 340 g/mol. The lowest BCUT2D eigenvalue weighted by molar-refractivity contribution is -0.118. The number of carbonyl (C=O) groups excluding carboxylic acids is 1. The molecule has 1 aromatic carbocycles. The molecule has 1 N–H and O–H groups in total. The van der Waals surface area contributed by atoms with E-state index in [0.717, 1.165) is 5.56 Å². The third-order valence-corrected chi connectivity index (χ3v) is 4.75. The summed E-state index contributed by atoms with van der Waals surface area (Å²) in [5.74, 6) is 0.143. The van der Waals surface area contributed by atoms with Gasteiger partial charge >= 0.3 is 0 Å². The zero-order chi connectivity index (χ0) is 15.1. The Labute approximate surface area is 137 Å². The summed E-state index contributed by atoms with van der Waals surface area (Å²) in [7, 11) is 0. The van der Waals surface area contributed by atoms with Gasteiger partial charge in [0.15, 0.2) is 0 Å². The number of hydrogen-bond donors (Lipinski definition) is 1. The first-order valence-electron chi connectivity index (χ1n) is 6.32. The van der Waals surface area contributed by atoms with Crippen LogP contribution < -0.4 is 5.32 Å². The molecule has 0 bridgehead atoms. The van der Waals surface area contributed by atoms with Gasteiger partial charge in [-0.25, -0.2) is 4.98 Å². The van der Waals surface area contributed by atoms with Crippen LogP contribution in [0, 0.1) is 0 Å². The van der Waals surface area contributed by atoms with Crippen LogP contribution in [-0.2, 0) is 10.2 Å². The predicted octanol–water partition coefficient (Wildman–Crippen LogP) is 4.19. The molecule has 1 fully saturated rings. The van der Waals surface area contributed by atoms with Crippen LogP contribution in [0.4, 0.5) is 5.82 Å². The van der Waals surface area contributed by atoms with E-state index in [1.54, 1.807) is 12.1 Å². The molecule has 2 aromatic rings. The highest BCUT2D eigenvalue weighted by atomic mass is 35.5. The van der Waals surface area contributed by atoms with Gasteiger partial charge in [0.25, 0.3) is 0 Å². The number of nitrogens with one attached hydrogen (secondary N) is 1. The molecule has 0 saturated heterocycles. The van der Waals surface area contributed by atoms with Crippen LogP contribution >= 0.6 is 34.8 Å². The summed E-state index contributed by atoms with van der Waals surface area (Å²) in [6, 6.07) is 12.6. The van der Waals surface area contributed by atoms with Crippen molar-refractivity contribution in [2.75, 3.05) is 5.32 Å². The van der Waals surface area contributed by atoms with E-state index in [1.807, 2.05) is 30.3 Å². The third kappa shape index (κ3) is 2.50. The molecule has 3 nitrogen and oxygen atoms in total. The van der Waals surface area contributed by atoms with Gasteiger partial charge in [-0.3, -0.25) is 4.79 Å². The summed E-state index contributed by atoms with van der Waals surface area (Å²) in [6.45, 7) is 0. The zero-order valence-electron chi connectivity index (χ0n) is 10.8. The molecule has 1 amide bonds. The van der Waals surface area contributed by atoms with Crippen molar-refractivity contribution < 1.29 is 4.79 Å². The second-order valence-corrected chi connectivity index (χ2v) is 6.89. The molecule has 21 heavy (non-hydrogen) atoms. The molecule has 1 atom stereocenters. The van der Waals surface area contributed by atoms with E-state index in [-0.39, 0.29) is 5.91 Å². The molecule has 0 unspecified atom stereocenters. The van der Waals surface area contributed by atoms with Crippen LogP contribution in [0.1, 0.15) is 12.0 Å². The fraction of sp³-hybridized carbons (Fsp3) is 0.200. The van der Waals surface area contributed by atoms with Crippen LogP contribution in [0.2, 0.25) is 5.02 Å². The van der Waals surface area contributed by atoms with Crippen molar-refractivity contribution in [3.05, 3.63) is 59.2 Å². The van der Waals surface area contributed by atoms with E-state index in [4.69, 9.17) is 34.8 Å². The lowest BCUT2D eigenvalue weighted by Gasteiger charge is -2.18. The van der Waals surface area contributed by atoms with Gasteiger partial charge in [-0.2, -0.15) is 0 Å². The maximum Gasteiger partial charge on any atom is 0.239 e. The zero-order valence-corrected chi connectivity index (χ0v) is 13.1. The number of halogens is 3. The maximum absolute atomic E-state index is 12.6. The first-order chi connectivity index (χ1) is 9.96. The molecular weight excluding hydrogens is 331 g/mol. The summed E-state index contributed by atoms with van der Waals surface area (Å²) in [5, 5.41) is 3.25. The van der Waals surface area contributed by atoms with Crippen molar-refractivity contribution >= 4 is 46.5 Å². The number of amides is 1. The van der Waals surface area contributed by atoms with Crippen molar-refractivity contribution in [1.82, 2.24) is 4.98 Å². The normalized spacial score (nSPS) is 22.6. The number of anilines is 1. The number of hydrogen-bond acceptors (Lipinski definition) is 2. The van der Waals surface area contributed by atoms with Crippen LogP contribution in [0.3, 0.4) is 0 Å². The van der Waals surface area contributed by atoms with Gasteiger partial charge in [-0.1, -0.05) is 41.9 Å². The topological polar surface area (TPSA) is 42.0 Å². The van der Waals surface area contributed by atoms with Crippen molar-refractivity contribution in [3.63, 3.8) is 0 Å². The Kier molecular flexibility index (Phi) is 3.60. The lowest BCUT2D eigenvalue weighted by Crippen LogP contribution is -2.32. The Hall–Kier alpha value is -1.29. The molecule has 3 rings (SSSR count). The molecule has 0 aliphatic heterocycles. The van der Waals surface area contributed by atoms with Crippen LogP contribution in [0.5, 0.6) is 0 Å². The fourth-order valence-corrected chi connectivity index (χ4v) is 3.28. The quantitative estimate of drug-likeness (QED) is 0.851. The minimum absolute atomic E-state index is 0.270. The molecule has 1 aliphatic rings. The Bertz CT molecular complexity index is 673. The number of alkyl halides is 2. The summed E-state index contributed by atoms with van der Waals surface area (Å²) in [4.78, 5) is 16.7. The Balaban J connectivity index is 1.89. The van der Waals surface area contributed by atoms with Crippen molar-refractivity contribution in [1.29, 1.82) is 0 Å². The van der Waals surface area contributed by atoms with Crippen molar-refractivity contribution in [3.8, 4) is 0 Å². The van der Waals surface area contributed by atoms with E-state index in [1.165, 1.54) is 6.20 Å². The van der Waals surface area contributed by atoms with Crippen molar-refractivity contribution in [2.45, 2.75) is 16.2 Å². The van der Waals surface area contributed by atoms with Crippen LogP contribution in [0.25, 0.3) is 0 Å². The number of pyridine rings is 1. The average Bonchev–Trinajstić information content (AvgIpc) is 3.07. The number of carbonyl (C=O) groups is 1. The number of aromatic nitrogens is 1. The smallest absolute Gasteiger partial charge is 0.239 e. The number of benzene rings is 1. The SMILES string of the molecule is O=C(Nc1ccc(Cl)cn1)[C@]1(c2ccccc2)CC1(Cl)Cl. The first kappa shape index (κ1) is 14.6. The molecule has 0 spiro atoms. The Morgan fingerprint density at radius 1 is 1.14 bits per heavy atom. The summed E-state index contributed by atoms with van der Waals surface area (Å²) < 4.78 is -1.11. The van der Waals surface area contributed by atoms with Crippen LogP contribution in [-0.4, -0.2) is 15.2 Å². The highest BCUT2D eigenvalue weighted by Crippen LogP contribution is 2.65. The molecule has 108 valence electrons. The Morgan fingerprint density at radius 2 is 1.81 bits per heavy atom. The van der Waals surface area contributed by atoms with Gasteiger partial charge in [0.2, 0.25) is 5.91 Å². The predicted molar refractivity (Wildman–Crippen MR) is 85.1 cm³/mol. The van der Waals surface area contributed by atoms with Crippen molar-refractivity contribution in [2.24, 2.45) is 0 Å². The van der Waals surface area contributed by atoms with Gasteiger partial charge in [0.05, 0.1) is 5.02 Å². The molecule has 1 saturated carbocycles. The van der Waals surface area contributed by atoms with Gasteiger partial charge in [-0.05, 0) is 17.7 Å². The summed E-state index contributed by atoms with van der Waals surface area (Å²) in [5.41, 5.74) is -0.153. The van der Waals surface area contributed by atoms with E-state index >= 15 is 0 Å². The Morgan fingerprint density at radius 3 is 2.33 bits per heavy atom. The maximum atomic E-state index is 12.6. The standard InChI is InChI=1S/C15H11Cl3N2O/c16-11-6-7-12(19-8-11)20-13(21)14(9-15(14,17)18)10-4-2-1-3-5-10/h1-8H,9H2,(H,19,20,21)/t14-/m1/s1. The third-order valence-electron chi connectivity index (χ3n) is 3.61. The fourth-order valence-electron chi connectivity index (χ4n) is 2.37. The second kappa shape index (κ2) is 5.16. The molecule has 1 aromatic heterocycles. The van der Waals surface area contributed by atoms with Crippen LogP contribution in [0.15, 0.2) is 48.7 Å². The summed E-state index contributed by atoms with van der Waals surface area (Å²) in [6.07, 6.45) is 1.83. The average molecular weight is 342 g/mol. The molecule has 1 heterocycles. The van der Waals surface area contributed by atoms with Gasteiger partial charge in [-0.15, -0.1) is 23.2 Å². The van der Waals surface area contributed by atoms with Gasteiger partial charge in [0.1, 0.15) is 15.6 Å². The highest BCUT2D eigenvalue weighted by Gasteiger charge is 2.72. The van der Waals surface area contributed by atoms with E-state index in [2.05, 4.69) is 10.3 Å². The first-order valence-corrected chi connectivity index (χ1v) is 7.45. The van der Waals surface area contributed by atoms with E-state index in [9.17, 15) is 4.79 Å². The molecular formula is C15H11Cl3N2O. The van der Waals surface area contributed by atoms with Gasteiger partial charge < -0.3 is 5.32 Å². The van der Waals surface area contributed by atoms with Gasteiger partial charge in [0, 0.05) is 12.6 Å². The van der Waals surface area contributed by atoms with E-state index in [0.29, 0.717) is 17.3 Å². The molecule has 0 radical (unpaired) electrons. The minimum atomic E-state index is -1.11. The van der Waals surface area contributed by atoms with E-state index < -0.39 is 9.75 Å². The number of rotatable bonds is 3. The lowest BCUT2D eigenvalue weighted by atomic mass is 9.95. The largest absolute Gasteiger partial charge is 0.310 e. The summed E-state index contributed by atoms with van der Waals surface area (Å²) >= 11 is 18.3. The second-order valence-electron chi connectivity index (χ2n) is 4.97. The molecule has 6 heteroatoms. The number of nitrogens with zero attached hydrogens (tertiary/aromatic N) is 1. The minimum Gasteiger partial charge on any atom is -0.310 e. The molecule has 1 aliphatic carbocycles.